The third-order valence-corrected chi connectivity index (χ3v) is 10.5. The average molecular weight is 544 g/mol. The lowest BCUT2D eigenvalue weighted by Gasteiger charge is -2.39. The fourth-order valence-electron chi connectivity index (χ4n) is 5.49. The normalized spacial score (nSPS) is 18.8. The second kappa shape index (κ2) is 11.9. The molecule has 2 saturated heterocycles. The predicted octanol–water partition coefficient (Wildman–Crippen LogP) is 2.85. The lowest BCUT2D eigenvalue weighted by Crippen LogP contribution is -2.58. The highest BCUT2D eigenvalue weighted by atomic mass is 32.2. The third-order valence-electron chi connectivity index (χ3n) is 8.02. The Morgan fingerprint density at radius 3 is 2.16 bits per heavy atom. The van der Waals surface area contributed by atoms with Gasteiger partial charge in [-0.15, -0.1) is 0 Å². The number of anilines is 1. The number of nitrogens with zero attached hydrogens (tertiary/aromatic N) is 2. The predicted molar refractivity (Wildman–Crippen MR) is 144 cm³/mol. The van der Waals surface area contributed by atoms with Gasteiger partial charge in [0, 0.05) is 57.0 Å². The summed E-state index contributed by atoms with van der Waals surface area (Å²) in [4.78, 5) is 29.9. The summed E-state index contributed by atoms with van der Waals surface area (Å²) in [5.41, 5.74) is 4.35. The molecule has 2 aromatic rings. The molecule has 2 aliphatic heterocycles. The number of nitrogens with one attached hydrogen (secondary N) is 1. The number of carbonyl (C=O) groups excluding carboxylic acids is 2. The van der Waals surface area contributed by atoms with Crippen LogP contribution in [0.5, 0.6) is 0 Å². The van der Waals surface area contributed by atoms with Crippen LogP contribution in [0.2, 0.25) is 0 Å². The van der Waals surface area contributed by atoms with E-state index in [2.05, 4.69) is 9.80 Å². The molecule has 1 amide bonds. The van der Waals surface area contributed by atoms with E-state index in [0.717, 1.165) is 29.7 Å². The molecule has 0 radical (unpaired) electrons. The minimum absolute atomic E-state index is 0.0276. The van der Waals surface area contributed by atoms with E-state index >= 15 is 0 Å². The van der Waals surface area contributed by atoms with Gasteiger partial charge in [-0.3, -0.25) is 14.8 Å². The van der Waals surface area contributed by atoms with E-state index in [4.69, 9.17) is 4.74 Å². The Bertz CT molecular complexity index is 1210. The van der Waals surface area contributed by atoms with Gasteiger partial charge in [-0.25, -0.2) is 13.9 Å². The SMILES string of the molecule is COCCN1CCC(C(=O)NO)(S(=O)(=O)c2ccc(N3CCC(C(=O)c4ccc(C)cc4)CC3)cc2)CC1. The summed E-state index contributed by atoms with van der Waals surface area (Å²) < 4.78 is 30.8. The van der Waals surface area contributed by atoms with Crippen molar-refractivity contribution in [1.82, 2.24) is 10.4 Å². The summed E-state index contributed by atoms with van der Waals surface area (Å²) in [6, 6.07) is 14.3. The number of methoxy groups -OCH3 is 1. The highest BCUT2D eigenvalue weighted by Gasteiger charge is 2.52. The molecule has 0 aliphatic carbocycles. The molecule has 2 aromatic carbocycles. The average Bonchev–Trinajstić information content (AvgIpc) is 2.96. The molecule has 9 nitrogen and oxygen atoms in total. The molecule has 0 unspecified atom stereocenters. The van der Waals surface area contributed by atoms with Crippen molar-refractivity contribution in [2.75, 3.05) is 51.3 Å². The third kappa shape index (κ3) is 5.63. The number of hydrogen-bond donors (Lipinski definition) is 2. The molecule has 2 fully saturated rings. The van der Waals surface area contributed by atoms with E-state index in [0.29, 0.717) is 39.3 Å². The van der Waals surface area contributed by atoms with Crippen molar-refractivity contribution >= 4 is 27.2 Å². The van der Waals surface area contributed by atoms with E-state index in [9.17, 15) is 23.2 Å². The second-order valence-electron chi connectivity index (χ2n) is 10.3. The smallest absolute Gasteiger partial charge is 0.265 e. The van der Waals surface area contributed by atoms with E-state index in [1.807, 2.05) is 31.2 Å². The van der Waals surface area contributed by atoms with Crippen LogP contribution in [-0.2, 0) is 19.4 Å². The largest absolute Gasteiger partial charge is 0.383 e. The van der Waals surface area contributed by atoms with Crippen molar-refractivity contribution in [2.24, 2.45) is 5.92 Å². The summed E-state index contributed by atoms with van der Waals surface area (Å²) in [6.45, 7) is 5.37. The Hall–Kier alpha value is -2.79. The van der Waals surface area contributed by atoms with E-state index in [1.165, 1.54) is 12.1 Å². The maximum absolute atomic E-state index is 13.7. The van der Waals surface area contributed by atoms with Crippen LogP contribution in [0.4, 0.5) is 5.69 Å². The van der Waals surface area contributed by atoms with Crippen molar-refractivity contribution in [2.45, 2.75) is 42.2 Å². The number of aryl methyl sites for hydroxylation is 1. The summed E-state index contributed by atoms with van der Waals surface area (Å²) in [5.74, 6) is -0.750. The number of ketones is 1. The van der Waals surface area contributed by atoms with Crippen LogP contribution in [0, 0.1) is 12.8 Å². The number of rotatable bonds is 9. The number of sulfone groups is 1. The van der Waals surface area contributed by atoms with Gasteiger partial charge in [0.25, 0.3) is 5.91 Å². The van der Waals surface area contributed by atoms with E-state index < -0.39 is 20.5 Å². The number of likely N-dealkylation sites (tertiary alicyclic amines) is 1. The van der Waals surface area contributed by atoms with Crippen LogP contribution in [0.15, 0.2) is 53.4 Å². The van der Waals surface area contributed by atoms with Gasteiger partial charge >= 0.3 is 0 Å². The van der Waals surface area contributed by atoms with Crippen LogP contribution in [0.1, 0.15) is 41.6 Å². The molecule has 0 aromatic heterocycles. The zero-order valence-corrected chi connectivity index (χ0v) is 22.9. The van der Waals surface area contributed by atoms with Crippen molar-refractivity contribution in [3.05, 3.63) is 59.7 Å². The molecule has 0 atom stereocenters. The summed E-state index contributed by atoms with van der Waals surface area (Å²) in [7, 11) is -2.47. The molecule has 206 valence electrons. The number of Topliss-reactive ketones (excluding diaryl/α,β-unsaturated/α-hetero) is 1. The molecule has 0 spiro atoms. The molecule has 0 bridgehead atoms. The van der Waals surface area contributed by atoms with Crippen LogP contribution in [0.25, 0.3) is 0 Å². The maximum atomic E-state index is 13.7. The molecule has 2 heterocycles. The van der Waals surface area contributed by atoms with Crippen LogP contribution in [0.3, 0.4) is 0 Å². The van der Waals surface area contributed by atoms with Gasteiger partial charge in [0.1, 0.15) is 0 Å². The Morgan fingerprint density at radius 2 is 1.61 bits per heavy atom. The Kier molecular flexibility index (Phi) is 8.87. The number of hydroxylamine groups is 1. The fourth-order valence-corrected chi connectivity index (χ4v) is 7.45. The maximum Gasteiger partial charge on any atom is 0.265 e. The van der Waals surface area contributed by atoms with Gasteiger partial charge in [-0.2, -0.15) is 0 Å². The highest BCUT2D eigenvalue weighted by Crippen LogP contribution is 2.37. The second-order valence-corrected chi connectivity index (χ2v) is 12.5. The lowest BCUT2D eigenvalue weighted by molar-refractivity contribution is -0.133. The topological polar surface area (TPSA) is 116 Å². The van der Waals surface area contributed by atoms with Crippen LogP contribution >= 0.6 is 0 Å². The first-order valence-electron chi connectivity index (χ1n) is 13.1. The van der Waals surface area contributed by atoms with Crippen molar-refractivity contribution in [3.63, 3.8) is 0 Å². The van der Waals surface area contributed by atoms with Gasteiger partial charge in [-0.1, -0.05) is 29.8 Å². The Labute approximate surface area is 224 Å². The lowest BCUT2D eigenvalue weighted by atomic mass is 9.88. The van der Waals surface area contributed by atoms with E-state index in [1.54, 1.807) is 24.7 Å². The summed E-state index contributed by atoms with van der Waals surface area (Å²) in [6.07, 6.45) is 1.61. The number of amides is 1. The van der Waals surface area contributed by atoms with Crippen molar-refractivity contribution in [1.29, 1.82) is 0 Å². The number of piperidine rings is 2. The first-order chi connectivity index (χ1) is 18.2. The van der Waals surface area contributed by atoms with Gasteiger partial charge in [0.2, 0.25) is 0 Å². The first-order valence-corrected chi connectivity index (χ1v) is 14.6. The van der Waals surface area contributed by atoms with Gasteiger partial charge in [0.15, 0.2) is 20.4 Å². The number of carbonyl (C=O) groups is 2. The molecule has 2 aliphatic rings. The number of hydrogen-bond acceptors (Lipinski definition) is 8. The summed E-state index contributed by atoms with van der Waals surface area (Å²) >= 11 is 0. The minimum Gasteiger partial charge on any atom is -0.383 e. The zero-order valence-electron chi connectivity index (χ0n) is 22.1. The molecule has 2 N–H and O–H groups in total. The molecule has 38 heavy (non-hydrogen) atoms. The van der Waals surface area contributed by atoms with Crippen molar-refractivity contribution < 1.29 is 28.0 Å². The van der Waals surface area contributed by atoms with Crippen LogP contribution in [-0.4, -0.2) is 81.4 Å². The zero-order chi connectivity index (χ0) is 27.3. The molecular formula is C28H37N3O6S. The molecule has 0 saturated carbocycles. The molecule has 4 rings (SSSR count). The molecular weight excluding hydrogens is 506 g/mol. The van der Waals surface area contributed by atoms with Gasteiger partial charge in [0.05, 0.1) is 11.5 Å². The fraction of sp³-hybridized carbons (Fsp3) is 0.500. The number of ether oxygens (including phenoxy) is 1. The standard InChI is InChI=1S/C28H37N3O6S/c1-21-3-5-22(6-4-21)26(32)23-11-15-31(16-12-23)24-7-9-25(10-8-24)38(35,36)28(27(33)29-34)13-17-30(18-14-28)19-20-37-2/h3-10,23,34H,11-20H2,1-2H3,(H,29,33). The minimum atomic E-state index is -4.07. The Balaban J connectivity index is 1.43. The van der Waals surface area contributed by atoms with Crippen molar-refractivity contribution in [3.8, 4) is 0 Å². The quantitative estimate of drug-likeness (QED) is 0.282. The van der Waals surface area contributed by atoms with Gasteiger partial charge in [-0.05, 0) is 56.9 Å². The van der Waals surface area contributed by atoms with E-state index in [-0.39, 0.29) is 29.4 Å². The number of benzene rings is 2. The first kappa shape index (κ1) is 28.2. The Morgan fingerprint density at radius 1 is 1.00 bits per heavy atom. The highest BCUT2D eigenvalue weighted by molar-refractivity contribution is 7.93. The monoisotopic (exact) mass is 543 g/mol. The summed E-state index contributed by atoms with van der Waals surface area (Å²) in [5, 5.41) is 9.40. The molecule has 10 heteroatoms. The van der Waals surface area contributed by atoms with Gasteiger partial charge < -0.3 is 14.5 Å². The van der Waals surface area contributed by atoms with Crippen LogP contribution < -0.4 is 10.4 Å².